The van der Waals surface area contributed by atoms with Gasteiger partial charge in [-0.3, -0.25) is 9.78 Å². The summed E-state index contributed by atoms with van der Waals surface area (Å²) in [6, 6.07) is 5.09. The molecule has 0 aliphatic heterocycles. The highest BCUT2D eigenvalue weighted by Gasteiger charge is 2.03. The van der Waals surface area contributed by atoms with Gasteiger partial charge >= 0.3 is 0 Å². The Kier molecular flexibility index (Phi) is 3.62. The molecule has 0 atom stereocenters. The van der Waals surface area contributed by atoms with E-state index in [2.05, 4.69) is 15.0 Å². The van der Waals surface area contributed by atoms with Crippen molar-refractivity contribution in [2.75, 3.05) is 6.61 Å². The largest absolute Gasteiger partial charge is 0.374 e. The molecule has 17 heavy (non-hydrogen) atoms. The molecular weight excluding hydrogens is 218 g/mol. The van der Waals surface area contributed by atoms with Gasteiger partial charge in [-0.05, 0) is 19.1 Å². The van der Waals surface area contributed by atoms with Crippen LogP contribution in [0.4, 0.5) is 0 Å². The molecule has 0 radical (unpaired) electrons. The van der Waals surface area contributed by atoms with E-state index in [-0.39, 0.29) is 5.56 Å². The summed E-state index contributed by atoms with van der Waals surface area (Å²) in [5.41, 5.74) is 1.32. The summed E-state index contributed by atoms with van der Waals surface area (Å²) < 4.78 is 5.22. The fourth-order valence-corrected chi connectivity index (χ4v) is 1.45. The molecule has 0 saturated carbocycles. The van der Waals surface area contributed by atoms with E-state index in [0.29, 0.717) is 24.7 Å². The smallest absolute Gasteiger partial charge is 0.251 e. The van der Waals surface area contributed by atoms with E-state index < -0.39 is 0 Å². The first-order chi connectivity index (χ1) is 8.29. The summed E-state index contributed by atoms with van der Waals surface area (Å²) in [6.07, 6.45) is 3.33. The zero-order chi connectivity index (χ0) is 12.1. The van der Waals surface area contributed by atoms with Crippen molar-refractivity contribution in [2.45, 2.75) is 13.5 Å². The van der Waals surface area contributed by atoms with E-state index in [0.717, 1.165) is 5.56 Å². The molecule has 2 aromatic heterocycles. The van der Waals surface area contributed by atoms with Gasteiger partial charge in [0.1, 0.15) is 12.4 Å². The van der Waals surface area contributed by atoms with Crippen LogP contribution in [0, 0.1) is 0 Å². The standard InChI is InChI=1S/C12H13N3O2/c1-2-17-8-11-14-10(7-12(16)15-11)9-3-5-13-6-4-9/h3-7H,2,8H2,1H3,(H,14,15,16). The maximum atomic E-state index is 11.5. The summed E-state index contributed by atoms with van der Waals surface area (Å²) in [4.78, 5) is 22.4. The van der Waals surface area contributed by atoms with E-state index >= 15 is 0 Å². The lowest BCUT2D eigenvalue weighted by atomic mass is 10.2. The third-order valence-corrected chi connectivity index (χ3v) is 2.21. The van der Waals surface area contributed by atoms with Crippen LogP contribution in [0.1, 0.15) is 12.7 Å². The summed E-state index contributed by atoms with van der Waals surface area (Å²) in [7, 11) is 0. The number of ether oxygens (including phenoxy) is 1. The van der Waals surface area contributed by atoms with Gasteiger partial charge in [-0.15, -0.1) is 0 Å². The Bertz CT molecular complexity index is 537. The van der Waals surface area contributed by atoms with Gasteiger partial charge in [0.05, 0.1) is 5.69 Å². The van der Waals surface area contributed by atoms with Crippen molar-refractivity contribution in [1.82, 2.24) is 15.0 Å². The second-order valence-electron chi connectivity index (χ2n) is 3.45. The van der Waals surface area contributed by atoms with Crippen LogP contribution < -0.4 is 5.56 Å². The van der Waals surface area contributed by atoms with Crippen molar-refractivity contribution in [3.8, 4) is 11.3 Å². The highest BCUT2D eigenvalue weighted by Crippen LogP contribution is 2.13. The molecule has 0 saturated heterocycles. The van der Waals surface area contributed by atoms with E-state index in [9.17, 15) is 4.79 Å². The Labute approximate surface area is 98.5 Å². The van der Waals surface area contributed by atoms with Crippen LogP contribution in [-0.4, -0.2) is 21.6 Å². The average Bonchev–Trinajstić information content (AvgIpc) is 2.37. The van der Waals surface area contributed by atoms with Crippen LogP contribution in [-0.2, 0) is 11.3 Å². The van der Waals surface area contributed by atoms with Crippen molar-refractivity contribution >= 4 is 0 Å². The van der Waals surface area contributed by atoms with Crippen LogP contribution in [0.3, 0.4) is 0 Å². The summed E-state index contributed by atoms with van der Waals surface area (Å²) in [6.45, 7) is 2.79. The Balaban J connectivity index is 2.35. The predicted octanol–water partition coefficient (Wildman–Crippen LogP) is 1.37. The Morgan fingerprint density at radius 3 is 2.82 bits per heavy atom. The van der Waals surface area contributed by atoms with Gasteiger partial charge < -0.3 is 9.72 Å². The molecule has 0 aliphatic carbocycles. The second kappa shape index (κ2) is 5.36. The quantitative estimate of drug-likeness (QED) is 0.862. The minimum Gasteiger partial charge on any atom is -0.374 e. The number of nitrogens with zero attached hydrogens (tertiary/aromatic N) is 2. The molecule has 2 aromatic rings. The zero-order valence-corrected chi connectivity index (χ0v) is 9.51. The van der Waals surface area contributed by atoms with E-state index in [1.165, 1.54) is 6.07 Å². The summed E-state index contributed by atoms with van der Waals surface area (Å²) in [5, 5.41) is 0. The summed E-state index contributed by atoms with van der Waals surface area (Å²) >= 11 is 0. The summed E-state index contributed by atoms with van der Waals surface area (Å²) in [5.74, 6) is 0.533. The fraction of sp³-hybridized carbons (Fsp3) is 0.250. The molecule has 0 spiro atoms. The maximum absolute atomic E-state index is 11.5. The Morgan fingerprint density at radius 1 is 1.35 bits per heavy atom. The normalized spacial score (nSPS) is 10.4. The topological polar surface area (TPSA) is 67.9 Å². The van der Waals surface area contributed by atoms with Crippen LogP contribution in [0.25, 0.3) is 11.3 Å². The van der Waals surface area contributed by atoms with Crippen LogP contribution in [0.2, 0.25) is 0 Å². The first-order valence-electron chi connectivity index (χ1n) is 5.38. The molecule has 0 amide bonds. The first kappa shape index (κ1) is 11.5. The molecule has 0 aliphatic rings. The van der Waals surface area contributed by atoms with Gasteiger partial charge in [0.2, 0.25) is 0 Å². The fourth-order valence-electron chi connectivity index (χ4n) is 1.45. The van der Waals surface area contributed by atoms with E-state index in [4.69, 9.17) is 4.74 Å². The number of nitrogens with one attached hydrogen (secondary N) is 1. The van der Waals surface area contributed by atoms with Gasteiger partial charge in [0, 0.05) is 30.6 Å². The number of hydrogen-bond acceptors (Lipinski definition) is 4. The number of rotatable bonds is 4. The number of H-pyrrole nitrogens is 1. The predicted molar refractivity (Wildman–Crippen MR) is 63.4 cm³/mol. The molecule has 88 valence electrons. The van der Waals surface area contributed by atoms with Gasteiger partial charge in [-0.25, -0.2) is 4.98 Å². The van der Waals surface area contributed by atoms with Crippen molar-refractivity contribution < 1.29 is 4.74 Å². The molecular formula is C12H13N3O2. The SMILES string of the molecule is CCOCc1nc(-c2ccncc2)cc(=O)[nH]1. The number of hydrogen-bond donors (Lipinski definition) is 1. The monoisotopic (exact) mass is 231 g/mol. The Hall–Kier alpha value is -2.01. The third kappa shape index (κ3) is 2.98. The van der Waals surface area contributed by atoms with Crippen molar-refractivity contribution in [2.24, 2.45) is 0 Å². The van der Waals surface area contributed by atoms with Crippen molar-refractivity contribution in [3.63, 3.8) is 0 Å². The number of aromatic nitrogens is 3. The van der Waals surface area contributed by atoms with E-state index in [1.807, 2.05) is 19.1 Å². The highest BCUT2D eigenvalue weighted by molar-refractivity contribution is 5.57. The molecule has 0 unspecified atom stereocenters. The lowest BCUT2D eigenvalue weighted by molar-refractivity contribution is 0.128. The molecule has 5 heteroatoms. The average molecular weight is 231 g/mol. The third-order valence-electron chi connectivity index (χ3n) is 2.21. The molecule has 1 N–H and O–H groups in total. The highest BCUT2D eigenvalue weighted by atomic mass is 16.5. The van der Waals surface area contributed by atoms with Gasteiger partial charge in [0.15, 0.2) is 0 Å². The second-order valence-corrected chi connectivity index (χ2v) is 3.45. The molecule has 2 heterocycles. The maximum Gasteiger partial charge on any atom is 0.251 e. The van der Waals surface area contributed by atoms with Gasteiger partial charge in [0.25, 0.3) is 5.56 Å². The van der Waals surface area contributed by atoms with Crippen LogP contribution in [0.5, 0.6) is 0 Å². The first-order valence-corrected chi connectivity index (χ1v) is 5.38. The van der Waals surface area contributed by atoms with E-state index in [1.54, 1.807) is 12.4 Å². The minimum absolute atomic E-state index is 0.179. The number of aromatic amines is 1. The Morgan fingerprint density at radius 2 is 2.12 bits per heavy atom. The molecule has 0 aromatic carbocycles. The molecule has 0 fully saturated rings. The van der Waals surface area contributed by atoms with Crippen molar-refractivity contribution in [3.05, 3.63) is 46.8 Å². The zero-order valence-electron chi connectivity index (χ0n) is 9.51. The lowest BCUT2D eigenvalue weighted by Gasteiger charge is -2.04. The van der Waals surface area contributed by atoms with Gasteiger partial charge in [-0.1, -0.05) is 0 Å². The number of pyridine rings is 1. The van der Waals surface area contributed by atoms with Gasteiger partial charge in [-0.2, -0.15) is 0 Å². The molecule has 0 bridgehead atoms. The van der Waals surface area contributed by atoms with Crippen molar-refractivity contribution in [1.29, 1.82) is 0 Å². The van der Waals surface area contributed by atoms with Crippen LogP contribution in [0.15, 0.2) is 35.4 Å². The molecule has 5 nitrogen and oxygen atoms in total. The molecule has 2 rings (SSSR count). The minimum atomic E-state index is -0.179. The van der Waals surface area contributed by atoms with Crippen LogP contribution >= 0.6 is 0 Å². The lowest BCUT2D eigenvalue weighted by Crippen LogP contribution is -2.12.